The van der Waals surface area contributed by atoms with Gasteiger partial charge in [0.2, 0.25) is 5.91 Å². The molecule has 0 aromatic rings. The van der Waals surface area contributed by atoms with Crippen molar-refractivity contribution in [3.05, 3.63) is 0 Å². The van der Waals surface area contributed by atoms with Crippen LogP contribution in [-0.2, 0) is 4.79 Å². The first-order valence-electron chi connectivity index (χ1n) is 5.05. The maximum absolute atomic E-state index is 11.7. The number of nitrogens with one attached hydrogen (secondary N) is 2. The Balaban J connectivity index is 0.00000112. The van der Waals surface area contributed by atoms with Crippen molar-refractivity contribution < 1.29 is 4.79 Å². The Hall–Kier alpha value is -0.260. The van der Waals surface area contributed by atoms with Crippen molar-refractivity contribution in [3.8, 4) is 0 Å². The molecular weight excluding hydrogens is 234 g/mol. The van der Waals surface area contributed by atoms with Crippen molar-refractivity contribution in [2.24, 2.45) is 10.9 Å². The second-order valence-electron chi connectivity index (χ2n) is 3.55. The molecule has 2 N–H and O–H groups in total. The van der Waals surface area contributed by atoms with Gasteiger partial charge in [-0.3, -0.25) is 9.79 Å². The molecule has 0 spiro atoms. The number of halogens is 1. The van der Waals surface area contributed by atoms with Crippen molar-refractivity contribution >= 4 is 35.2 Å². The average molecular weight is 250 g/mol. The Labute approximate surface area is 100 Å². The Kier molecular flexibility index (Phi) is 5.42. The fraction of sp³-hybridized carbons (Fsp3) is 0.778. The molecule has 6 heteroatoms. The highest BCUT2D eigenvalue weighted by molar-refractivity contribution is 8.14. The summed E-state index contributed by atoms with van der Waals surface area (Å²) in [5.74, 6) is 1.33. The standard InChI is InChI=1S/C9H15N3OS.ClH/c13-8(7-1-3-10-4-2-7)12-9-11-5-6-14-9;/h7,10H,1-6H2,(H,11,12,13);1H. The molecule has 0 aliphatic carbocycles. The summed E-state index contributed by atoms with van der Waals surface area (Å²) in [6.45, 7) is 2.75. The van der Waals surface area contributed by atoms with E-state index in [1.54, 1.807) is 11.8 Å². The number of hydrogen-bond acceptors (Lipinski definition) is 4. The van der Waals surface area contributed by atoms with Gasteiger partial charge in [0, 0.05) is 11.7 Å². The van der Waals surface area contributed by atoms with Gasteiger partial charge in [0.05, 0.1) is 6.54 Å². The van der Waals surface area contributed by atoms with Gasteiger partial charge < -0.3 is 10.6 Å². The van der Waals surface area contributed by atoms with Gasteiger partial charge in [0.1, 0.15) is 0 Å². The van der Waals surface area contributed by atoms with E-state index in [2.05, 4.69) is 15.6 Å². The molecule has 4 nitrogen and oxygen atoms in total. The zero-order chi connectivity index (χ0) is 9.80. The summed E-state index contributed by atoms with van der Waals surface area (Å²) >= 11 is 1.64. The molecule has 1 saturated heterocycles. The van der Waals surface area contributed by atoms with Gasteiger partial charge >= 0.3 is 0 Å². The average Bonchev–Trinajstić information content (AvgIpc) is 2.72. The third kappa shape index (κ3) is 3.66. The van der Waals surface area contributed by atoms with Crippen LogP contribution in [0.1, 0.15) is 12.8 Å². The fourth-order valence-corrected chi connectivity index (χ4v) is 2.43. The number of aliphatic imine (C=N–C) groups is 1. The predicted molar refractivity (Wildman–Crippen MR) is 65.7 cm³/mol. The third-order valence-corrected chi connectivity index (χ3v) is 3.42. The number of carbonyl (C=O) groups is 1. The van der Waals surface area contributed by atoms with Crippen LogP contribution in [0.5, 0.6) is 0 Å². The van der Waals surface area contributed by atoms with Crippen molar-refractivity contribution in [2.75, 3.05) is 25.4 Å². The lowest BCUT2D eigenvalue weighted by atomic mass is 9.97. The molecule has 0 bridgehead atoms. The number of amidine groups is 1. The zero-order valence-electron chi connectivity index (χ0n) is 8.49. The van der Waals surface area contributed by atoms with E-state index in [0.717, 1.165) is 43.4 Å². The SMILES string of the molecule is Cl.O=C(NC1=NCCS1)C1CCNCC1. The fourth-order valence-electron chi connectivity index (χ4n) is 1.70. The van der Waals surface area contributed by atoms with E-state index in [4.69, 9.17) is 0 Å². The number of amides is 1. The highest BCUT2D eigenvalue weighted by Gasteiger charge is 2.22. The number of carbonyl (C=O) groups excluding carboxylic acids is 1. The van der Waals surface area contributed by atoms with Crippen molar-refractivity contribution in [3.63, 3.8) is 0 Å². The Morgan fingerprint density at radius 3 is 2.80 bits per heavy atom. The first kappa shape index (κ1) is 12.8. The van der Waals surface area contributed by atoms with E-state index in [-0.39, 0.29) is 24.2 Å². The molecule has 86 valence electrons. The first-order chi connectivity index (χ1) is 6.86. The van der Waals surface area contributed by atoms with Gasteiger partial charge in [-0.25, -0.2) is 0 Å². The van der Waals surface area contributed by atoms with Crippen LogP contribution in [-0.4, -0.2) is 36.5 Å². The second-order valence-corrected chi connectivity index (χ2v) is 4.63. The molecule has 15 heavy (non-hydrogen) atoms. The monoisotopic (exact) mass is 249 g/mol. The van der Waals surface area contributed by atoms with E-state index in [0.29, 0.717) is 0 Å². The second kappa shape index (κ2) is 6.35. The molecule has 2 heterocycles. The van der Waals surface area contributed by atoms with Crippen LogP contribution in [0, 0.1) is 5.92 Å². The molecule has 2 aliphatic rings. The number of piperidine rings is 1. The molecule has 0 atom stereocenters. The third-order valence-electron chi connectivity index (χ3n) is 2.53. The summed E-state index contributed by atoms with van der Waals surface area (Å²) in [6, 6.07) is 0. The van der Waals surface area contributed by atoms with Gasteiger partial charge in [-0.15, -0.1) is 12.4 Å². The minimum absolute atomic E-state index is 0. The van der Waals surface area contributed by atoms with Gasteiger partial charge in [-0.2, -0.15) is 0 Å². The van der Waals surface area contributed by atoms with E-state index >= 15 is 0 Å². The summed E-state index contributed by atoms with van der Waals surface area (Å²) in [7, 11) is 0. The van der Waals surface area contributed by atoms with E-state index in [1.807, 2.05) is 0 Å². The van der Waals surface area contributed by atoms with E-state index in [9.17, 15) is 4.79 Å². The molecule has 0 aromatic heterocycles. The molecule has 0 unspecified atom stereocenters. The van der Waals surface area contributed by atoms with Crippen LogP contribution in [0.2, 0.25) is 0 Å². The number of rotatable bonds is 1. The van der Waals surface area contributed by atoms with Crippen LogP contribution < -0.4 is 10.6 Å². The summed E-state index contributed by atoms with van der Waals surface area (Å²) in [5.41, 5.74) is 0. The lowest BCUT2D eigenvalue weighted by Gasteiger charge is -2.21. The van der Waals surface area contributed by atoms with Gasteiger partial charge in [0.25, 0.3) is 0 Å². The van der Waals surface area contributed by atoms with E-state index < -0.39 is 0 Å². The van der Waals surface area contributed by atoms with E-state index in [1.165, 1.54) is 0 Å². The smallest absolute Gasteiger partial charge is 0.229 e. The summed E-state index contributed by atoms with van der Waals surface area (Å²) in [5, 5.41) is 6.96. The maximum Gasteiger partial charge on any atom is 0.229 e. The Morgan fingerprint density at radius 1 is 1.47 bits per heavy atom. The van der Waals surface area contributed by atoms with Crippen molar-refractivity contribution in [1.29, 1.82) is 0 Å². The molecule has 2 rings (SSSR count). The van der Waals surface area contributed by atoms with Crippen molar-refractivity contribution in [2.45, 2.75) is 12.8 Å². The number of nitrogens with zero attached hydrogens (tertiary/aromatic N) is 1. The maximum atomic E-state index is 11.7. The molecule has 0 radical (unpaired) electrons. The molecule has 2 aliphatic heterocycles. The van der Waals surface area contributed by atoms with Crippen LogP contribution >= 0.6 is 24.2 Å². The highest BCUT2D eigenvalue weighted by Crippen LogP contribution is 2.14. The van der Waals surface area contributed by atoms with Crippen LogP contribution in [0.3, 0.4) is 0 Å². The molecule has 0 saturated carbocycles. The van der Waals surface area contributed by atoms with Crippen LogP contribution in [0.25, 0.3) is 0 Å². The van der Waals surface area contributed by atoms with Gasteiger partial charge in [-0.1, -0.05) is 11.8 Å². The summed E-state index contributed by atoms with van der Waals surface area (Å²) in [4.78, 5) is 15.9. The quantitative estimate of drug-likeness (QED) is 0.717. The molecule has 0 aromatic carbocycles. The topological polar surface area (TPSA) is 53.5 Å². The lowest BCUT2D eigenvalue weighted by Crippen LogP contribution is -2.39. The normalized spacial score (nSPS) is 21.7. The van der Waals surface area contributed by atoms with Gasteiger partial charge in [-0.05, 0) is 25.9 Å². The van der Waals surface area contributed by atoms with Crippen molar-refractivity contribution in [1.82, 2.24) is 10.6 Å². The minimum Gasteiger partial charge on any atom is -0.317 e. The summed E-state index contributed by atoms with van der Waals surface area (Å²) in [6.07, 6.45) is 1.90. The first-order valence-corrected chi connectivity index (χ1v) is 6.03. The Bertz CT molecular complexity index is 254. The molecular formula is C9H16ClN3OS. The van der Waals surface area contributed by atoms with Crippen LogP contribution in [0.4, 0.5) is 0 Å². The summed E-state index contributed by atoms with van der Waals surface area (Å²) < 4.78 is 0. The minimum atomic E-state index is 0. The largest absolute Gasteiger partial charge is 0.317 e. The molecule has 1 fully saturated rings. The highest BCUT2D eigenvalue weighted by atomic mass is 35.5. The predicted octanol–water partition coefficient (Wildman–Crippen LogP) is 0.627. The van der Waals surface area contributed by atoms with Gasteiger partial charge in [0.15, 0.2) is 5.17 Å². The molecule has 1 amide bonds. The number of thioether (sulfide) groups is 1. The Morgan fingerprint density at radius 2 is 2.20 bits per heavy atom. The zero-order valence-corrected chi connectivity index (χ0v) is 10.1. The van der Waals surface area contributed by atoms with Crippen LogP contribution in [0.15, 0.2) is 4.99 Å². The lowest BCUT2D eigenvalue weighted by molar-refractivity contribution is -0.124. The number of hydrogen-bond donors (Lipinski definition) is 2.